The van der Waals surface area contributed by atoms with Gasteiger partial charge in [-0.3, -0.25) is 4.79 Å². The van der Waals surface area contributed by atoms with Crippen molar-refractivity contribution >= 4 is 5.91 Å². The summed E-state index contributed by atoms with van der Waals surface area (Å²) in [6.45, 7) is 6.97. The van der Waals surface area contributed by atoms with Crippen molar-refractivity contribution in [2.75, 3.05) is 13.3 Å². The molecule has 1 unspecified atom stereocenters. The number of nitrogens with one attached hydrogen (secondary N) is 1. The molecule has 0 bridgehead atoms. The zero-order chi connectivity index (χ0) is 15.5. The Hall–Kier alpha value is -1.75. The number of hydrogen-bond donors (Lipinski definition) is 2. The molecule has 5 nitrogen and oxygen atoms in total. The van der Waals surface area contributed by atoms with Gasteiger partial charge in [0.25, 0.3) is 0 Å². The average molecular weight is 292 g/mol. The van der Waals surface area contributed by atoms with Crippen LogP contribution in [0.3, 0.4) is 0 Å². The van der Waals surface area contributed by atoms with Crippen molar-refractivity contribution in [1.82, 2.24) is 5.32 Å². The Morgan fingerprint density at radius 2 is 2.10 bits per heavy atom. The number of ether oxygens (including phenoxy) is 2. The van der Waals surface area contributed by atoms with Gasteiger partial charge < -0.3 is 20.5 Å². The minimum Gasteiger partial charge on any atom is -0.454 e. The molecule has 0 saturated heterocycles. The fourth-order valence-electron chi connectivity index (χ4n) is 2.30. The molecule has 1 amide bonds. The highest BCUT2D eigenvalue weighted by atomic mass is 16.7. The third kappa shape index (κ3) is 3.67. The third-order valence-corrected chi connectivity index (χ3v) is 3.80. The Morgan fingerprint density at radius 3 is 2.81 bits per heavy atom. The van der Waals surface area contributed by atoms with E-state index < -0.39 is 6.04 Å². The SMILES string of the molecule is CCCC(N)C(=O)NCC(C)(C)c1ccc2c(c1)OCO2. The van der Waals surface area contributed by atoms with Crippen molar-refractivity contribution in [3.8, 4) is 11.5 Å². The van der Waals surface area contributed by atoms with Crippen LogP contribution in [0.25, 0.3) is 0 Å². The molecule has 1 heterocycles. The molecule has 0 aliphatic carbocycles. The molecule has 1 aromatic rings. The number of hydrogen-bond acceptors (Lipinski definition) is 4. The lowest BCUT2D eigenvalue weighted by Gasteiger charge is -2.26. The molecule has 1 aliphatic heterocycles. The smallest absolute Gasteiger partial charge is 0.236 e. The van der Waals surface area contributed by atoms with Crippen LogP contribution in [-0.2, 0) is 10.2 Å². The maximum atomic E-state index is 11.9. The van der Waals surface area contributed by atoms with E-state index in [-0.39, 0.29) is 18.1 Å². The van der Waals surface area contributed by atoms with E-state index in [0.29, 0.717) is 13.0 Å². The van der Waals surface area contributed by atoms with Gasteiger partial charge in [-0.2, -0.15) is 0 Å². The van der Waals surface area contributed by atoms with E-state index in [2.05, 4.69) is 19.2 Å². The Bertz CT molecular complexity index is 514. The molecule has 1 aromatic carbocycles. The molecule has 3 N–H and O–H groups in total. The van der Waals surface area contributed by atoms with E-state index >= 15 is 0 Å². The van der Waals surface area contributed by atoms with E-state index in [4.69, 9.17) is 15.2 Å². The van der Waals surface area contributed by atoms with Gasteiger partial charge in [-0.25, -0.2) is 0 Å². The van der Waals surface area contributed by atoms with Crippen LogP contribution in [0.2, 0.25) is 0 Å². The molecule has 0 saturated carbocycles. The van der Waals surface area contributed by atoms with Gasteiger partial charge in [0.05, 0.1) is 6.04 Å². The van der Waals surface area contributed by atoms with Gasteiger partial charge >= 0.3 is 0 Å². The second-order valence-electron chi connectivity index (χ2n) is 6.06. The summed E-state index contributed by atoms with van der Waals surface area (Å²) in [6, 6.07) is 5.46. The highest BCUT2D eigenvalue weighted by molar-refractivity contribution is 5.81. The Kier molecular flexibility index (Phi) is 4.73. The maximum absolute atomic E-state index is 11.9. The Morgan fingerprint density at radius 1 is 1.38 bits per heavy atom. The molecular weight excluding hydrogens is 268 g/mol. The van der Waals surface area contributed by atoms with Gasteiger partial charge in [-0.1, -0.05) is 33.3 Å². The third-order valence-electron chi connectivity index (χ3n) is 3.80. The van der Waals surface area contributed by atoms with E-state index in [1.54, 1.807) is 0 Å². The zero-order valence-electron chi connectivity index (χ0n) is 12.9. The first-order valence-corrected chi connectivity index (χ1v) is 7.37. The van der Waals surface area contributed by atoms with Gasteiger partial charge in [0.15, 0.2) is 11.5 Å². The van der Waals surface area contributed by atoms with Crippen LogP contribution >= 0.6 is 0 Å². The average Bonchev–Trinajstić information content (AvgIpc) is 2.92. The van der Waals surface area contributed by atoms with E-state index in [1.807, 2.05) is 25.1 Å². The molecule has 0 aromatic heterocycles. The van der Waals surface area contributed by atoms with E-state index in [1.165, 1.54) is 0 Å². The van der Waals surface area contributed by atoms with Crippen molar-refractivity contribution in [2.24, 2.45) is 5.73 Å². The van der Waals surface area contributed by atoms with Crippen molar-refractivity contribution < 1.29 is 14.3 Å². The summed E-state index contributed by atoms with van der Waals surface area (Å²) in [5.74, 6) is 1.43. The monoisotopic (exact) mass is 292 g/mol. The van der Waals surface area contributed by atoms with E-state index in [0.717, 1.165) is 23.5 Å². The molecule has 116 valence electrons. The number of rotatable bonds is 6. The fourth-order valence-corrected chi connectivity index (χ4v) is 2.30. The minimum atomic E-state index is -0.428. The highest BCUT2D eigenvalue weighted by Gasteiger charge is 2.25. The lowest BCUT2D eigenvalue weighted by atomic mass is 9.84. The first kappa shape index (κ1) is 15.6. The topological polar surface area (TPSA) is 73.6 Å². The van der Waals surface area contributed by atoms with E-state index in [9.17, 15) is 4.79 Å². The van der Waals surface area contributed by atoms with Gasteiger partial charge in [0.1, 0.15) is 0 Å². The van der Waals surface area contributed by atoms with Gasteiger partial charge in [-0.05, 0) is 24.1 Å². The molecule has 2 rings (SSSR count). The maximum Gasteiger partial charge on any atom is 0.236 e. The normalized spacial score (nSPS) is 14.9. The number of nitrogens with two attached hydrogens (primary N) is 1. The quantitative estimate of drug-likeness (QED) is 0.840. The van der Waals surface area contributed by atoms with Gasteiger partial charge in [-0.15, -0.1) is 0 Å². The molecule has 0 radical (unpaired) electrons. The van der Waals surface area contributed by atoms with Crippen LogP contribution < -0.4 is 20.5 Å². The molecule has 21 heavy (non-hydrogen) atoms. The summed E-state index contributed by atoms with van der Waals surface area (Å²) in [5.41, 5.74) is 6.71. The van der Waals surface area contributed by atoms with Crippen LogP contribution in [0.4, 0.5) is 0 Å². The van der Waals surface area contributed by atoms with Crippen molar-refractivity contribution in [3.63, 3.8) is 0 Å². The van der Waals surface area contributed by atoms with Gasteiger partial charge in [0.2, 0.25) is 12.7 Å². The van der Waals surface area contributed by atoms with Crippen LogP contribution in [-0.4, -0.2) is 25.3 Å². The first-order valence-electron chi connectivity index (χ1n) is 7.37. The highest BCUT2D eigenvalue weighted by Crippen LogP contribution is 2.36. The standard InChI is InChI=1S/C16H24N2O3/c1-4-5-12(17)15(19)18-9-16(2,3)11-6-7-13-14(8-11)21-10-20-13/h6-8,12H,4-5,9-10,17H2,1-3H3,(H,18,19). The number of benzene rings is 1. The predicted octanol–water partition coefficient (Wildman–Crippen LogP) is 1.94. The van der Waals surface area contributed by atoms with Crippen LogP contribution in [0.15, 0.2) is 18.2 Å². The second kappa shape index (κ2) is 6.35. The Balaban J connectivity index is 2.00. The fraction of sp³-hybridized carbons (Fsp3) is 0.562. The molecule has 1 aliphatic rings. The molecule has 0 fully saturated rings. The van der Waals surface area contributed by atoms with Crippen molar-refractivity contribution in [1.29, 1.82) is 0 Å². The second-order valence-corrected chi connectivity index (χ2v) is 6.06. The van der Waals surface area contributed by atoms with Crippen molar-refractivity contribution in [2.45, 2.75) is 45.1 Å². The number of amides is 1. The van der Waals surface area contributed by atoms with Gasteiger partial charge in [0, 0.05) is 12.0 Å². The van der Waals surface area contributed by atoms with Crippen LogP contribution in [0.5, 0.6) is 11.5 Å². The largest absolute Gasteiger partial charge is 0.454 e. The van der Waals surface area contributed by atoms with Crippen LogP contribution in [0.1, 0.15) is 39.2 Å². The number of fused-ring (bicyclic) bond motifs is 1. The number of carbonyl (C=O) groups is 1. The lowest BCUT2D eigenvalue weighted by molar-refractivity contribution is -0.122. The summed E-state index contributed by atoms with van der Waals surface area (Å²) >= 11 is 0. The summed E-state index contributed by atoms with van der Waals surface area (Å²) in [4.78, 5) is 11.9. The molecular formula is C16H24N2O3. The van der Waals surface area contributed by atoms with Crippen molar-refractivity contribution in [3.05, 3.63) is 23.8 Å². The summed E-state index contributed by atoms with van der Waals surface area (Å²) in [5, 5.41) is 2.94. The summed E-state index contributed by atoms with van der Waals surface area (Å²) in [7, 11) is 0. The summed E-state index contributed by atoms with van der Waals surface area (Å²) < 4.78 is 10.7. The lowest BCUT2D eigenvalue weighted by Crippen LogP contribution is -2.45. The Labute approximate surface area is 125 Å². The number of carbonyl (C=O) groups excluding carboxylic acids is 1. The van der Waals surface area contributed by atoms with Crippen LogP contribution in [0, 0.1) is 0 Å². The zero-order valence-corrected chi connectivity index (χ0v) is 12.9. The molecule has 5 heteroatoms. The predicted molar refractivity (Wildman–Crippen MR) is 81.5 cm³/mol. The molecule has 1 atom stereocenters. The minimum absolute atomic E-state index is 0.0920. The molecule has 0 spiro atoms. The summed E-state index contributed by atoms with van der Waals surface area (Å²) in [6.07, 6.45) is 1.61. The first-order chi connectivity index (χ1) is 9.94.